The fourth-order valence-corrected chi connectivity index (χ4v) is 3.43. The van der Waals surface area contributed by atoms with Gasteiger partial charge in [-0.15, -0.1) is 0 Å². The van der Waals surface area contributed by atoms with E-state index in [1.165, 1.54) is 0 Å². The van der Waals surface area contributed by atoms with Crippen LogP contribution in [0.25, 0.3) is 0 Å². The van der Waals surface area contributed by atoms with Crippen molar-refractivity contribution in [3.05, 3.63) is 0 Å². The van der Waals surface area contributed by atoms with Gasteiger partial charge in [0, 0.05) is 19.0 Å². The number of amides is 1. The highest BCUT2D eigenvalue weighted by atomic mass is 16.2. The Hall–Kier alpha value is -0.570. The van der Waals surface area contributed by atoms with Gasteiger partial charge >= 0.3 is 0 Å². The average molecular weight is 282 g/mol. The van der Waals surface area contributed by atoms with E-state index in [-0.39, 0.29) is 5.41 Å². The Labute approximate surface area is 125 Å². The van der Waals surface area contributed by atoms with Crippen molar-refractivity contribution in [3.8, 4) is 0 Å². The maximum absolute atomic E-state index is 12.4. The zero-order valence-corrected chi connectivity index (χ0v) is 14.1. The number of nitrogens with zero attached hydrogens (tertiary/aromatic N) is 1. The van der Waals surface area contributed by atoms with Crippen LogP contribution >= 0.6 is 0 Å². The zero-order valence-electron chi connectivity index (χ0n) is 14.1. The average Bonchev–Trinajstić information content (AvgIpc) is 2.32. The third-order valence-corrected chi connectivity index (χ3v) is 4.91. The van der Waals surface area contributed by atoms with E-state index in [2.05, 4.69) is 39.5 Å². The lowest BCUT2D eigenvalue weighted by molar-refractivity contribution is -0.135. The molecule has 0 aliphatic carbocycles. The molecular formula is C17H34N2O. The minimum Gasteiger partial charge on any atom is -0.340 e. The summed E-state index contributed by atoms with van der Waals surface area (Å²) < 4.78 is 0. The number of rotatable bonds is 5. The molecule has 0 spiro atoms. The molecule has 1 aliphatic heterocycles. The summed E-state index contributed by atoms with van der Waals surface area (Å²) in [6, 6.07) is 0.411. The molecule has 2 N–H and O–H groups in total. The van der Waals surface area contributed by atoms with Crippen LogP contribution in [0.1, 0.15) is 66.7 Å². The Morgan fingerprint density at radius 1 is 1.30 bits per heavy atom. The molecule has 1 amide bonds. The Bertz CT molecular complexity index is 309. The first-order chi connectivity index (χ1) is 9.25. The number of nitrogens with two attached hydrogens (primary N) is 1. The molecule has 0 aromatic rings. The summed E-state index contributed by atoms with van der Waals surface area (Å²) >= 11 is 0. The minimum atomic E-state index is 0.238. The van der Waals surface area contributed by atoms with Gasteiger partial charge in [0.2, 0.25) is 5.91 Å². The van der Waals surface area contributed by atoms with Gasteiger partial charge < -0.3 is 10.6 Å². The van der Waals surface area contributed by atoms with E-state index < -0.39 is 0 Å². The predicted octanol–water partition coefficient (Wildman–Crippen LogP) is 3.42. The number of hydrogen-bond acceptors (Lipinski definition) is 2. The number of piperidine rings is 1. The fraction of sp³-hybridized carbons (Fsp3) is 0.941. The second kappa shape index (κ2) is 7.44. The molecule has 1 heterocycles. The molecule has 1 saturated heterocycles. The van der Waals surface area contributed by atoms with Gasteiger partial charge in [-0.25, -0.2) is 0 Å². The van der Waals surface area contributed by atoms with Gasteiger partial charge in [0.1, 0.15) is 0 Å². The van der Waals surface area contributed by atoms with E-state index in [9.17, 15) is 4.79 Å². The van der Waals surface area contributed by atoms with Gasteiger partial charge in [-0.3, -0.25) is 4.79 Å². The highest BCUT2D eigenvalue weighted by Gasteiger charge is 2.29. The summed E-state index contributed by atoms with van der Waals surface area (Å²) in [5.41, 5.74) is 5.96. The van der Waals surface area contributed by atoms with Crippen molar-refractivity contribution in [2.75, 3.05) is 13.1 Å². The minimum absolute atomic E-state index is 0.238. The van der Waals surface area contributed by atoms with E-state index >= 15 is 0 Å². The van der Waals surface area contributed by atoms with Crippen LogP contribution in [0.15, 0.2) is 0 Å². The van der Waals surface area contributed by atoms with E-state index in [1.807, 2.05) is 0 Å². The molecule has 1 aliphatic rings. The molecule has 1 fully saturated rings. The monoisotopic (exact) mass is 282 g/mol. The molecule has 118 valence electrons. The van der Waals surface area contributed by atoms with Crippen LogP contribution < -0.4 is 5.73 Å². The number of carbonyl (C=O) groups is 1. The van der Waals surface area contributed by atoms with Crippen LogP contribution in [-0.4, -0.2) is 29.9 Å². The molecule has 3 heteroatoms. The van der Waals surface area contributed by atoms with E-state index in [1.54, 1.807) is 0 Å². The lowest BCUT2D eigenvalue weighted by Crippen LogP contribution is -2.44. The largest absolute Gasteiger partial charge is 0.340 e. The van der Waals surface area contributed by atoms with Crippen LogP contribution in [0.5, 0.6) is 0 Å². The molecule has 0 radical (unpaired) electrons. The first-order valence-electron chi connectivity index (χ1n) is 8.25. The van der Waals surface area contributed by atoms with Crippen molar-refractivity contribution >= 4 is 5.91 Å². The van der Waals surface area contributed by atoms with Crippen molar-refractivity contribution in [1.29, 1.82) is 0 Å². The van der Waals surface area contributed by atoms with Gasteiger partial charge in [-0.2, -0.15) is 0 Å². The van der Waals surface area contributed by atoms with Crippen LogP contribution in [0.2, 0.25) is 0 Å². The molecule has 0 saturated carbocycles. The van der Waals surface area contributed by atoms with Crippen molar-refractivity contribution in [2.45, 2.75) is 72.8 Å². The fourth-order valence-electron chi connectivity index (χ4n) is 3.43. The number of carbonyl (C=O) groups excluding carboxylic acids is 1. The summed E-state index contributed by atoms with van der Waals surface area (Å²) in [6.45, 7) is 12.9. The Kier molecular flexibility index (Phi) is 6.50. The molecule has 1 rings (SSSR count). The molecule has 20 heavy (non-hydrogen) atoms. The van der Waals surface area contributed by atoms with Gasteiger partial charge in [0.05, 0.1) is 0 Å². The Morgan fingerprint density at radius 2 is 1.95 bits per heavy atom. The van der Waals surface area contributed by atoms with Gasteiger partial charge in [0.15, 0.2) is 0 Å². The smallest absolute Gasteiger partial charge is 0.222 e. The van der Waals surface area contributed by atoms with E-state index in [0.717, 1.165) is 38.1 Å². The third-order valence-electron chi connectivity index (χ3n) is 4.91. The molecule has 3 unspecified atom stereocenters. The topological polar surface area (TPSA) is 46.3 Å². The predicted molar refractivity (Wildman–Crippen MR) is 85.4 cm³/mol. The summed E-state index contributed by atoms with van der Waals surface area (Å²) in [4.78, 5) is 14.5. The second-order valence-electron chi connectivity index (χ2n) is 7.74. The number of likely N-dealkylation sites (tertiary alicyclic amines) is 1. The Balaban J connectivity index is 2.49. The van der Waals surface area contributed by atoms with Crippen molar-refractivity contribution < 1.29 is 4.79 Å². The molecule has 0 aromatic heterocycles. The zero-order chi connectivity index (χ0) is 15.3. The highest BCUT2D eigenvalue weighted by Crippen LogP contribution is 2.32. The highest BCUT2D eigenvalue weighted by molar-refractivity contribution is 5.76. The lowest BCUT2D eigenvalue weighted by atomic mass is 9.76. The van der Waals surface area contributed by atoms with Crippen LogP contribution in [-0.2, 0) is 4.79 Å². The van der Waals surface area contributed by atoms with Gasteiger partial charge in [-0.05, 0) is 56.4 Å². The number of hydrogen-bond donors (Lipinski definition) is 1. The maximum Gasteiger partial charge on any atom is 0.222 e. The van der Waals surface area contributed by atoms with Crippen LogP contribution in [0, 0.1) is 17.3 Å². The van der Waals surface area contributed by atoms with Gasteiger partial charge in [-0.1, -0.05) is 27.7 Å². The van der Waals surface area contributed by atoms with Gasteiger partial charge in [0.25, 0.3) is 0 Å². The maximum atomic E-state index is 12.4. The first-order valence-corrected chi connectivity index (χ1v) is 8.25. The lowest BCUT2D eigenvalue weighted by Gasteiger charge is -2.37. The molecule has 3 atom stereocenters. The summed E-state index contributed by atoms with van der Waals surface area (Å²) in [7, 11) is 0. The second-order valence-corrected chi connectivity index (χ2v) is 7.74. The molecule has 3 nitrogen and oxygen atoms in total. The quantitative estimate of drug-likeness (QED) is 0.840. The van der Waals surface area contributed by atoms with Crippen LogP contribution in [0.3, 0.4) is 0 Å². The Morgan fingerprint density at radius 3 is 2.45 bits per heavy atom. The van der Waals surface area contributed by atoms with Crippen molar-refractivity contribution in [1.82, 2.24) is 4.90 Å². The van der Waals surface area contributed by atoms with Crippen LogP contribution in [0.4, 0.5) is 0 Å². The summed E-state index contributed by atoms with van der Waals surface area (Å²) in [5, 5.41) is 0. The summed E-state index contributed by atoms with van der Waals surface area (Å²) in [6.07, 6.45) is 4.97. The molecule has 0 bridgehead atoms. The van der Waals surface area contributed by atoms with Crippen molar-refractivity contribution in [3.63, 3.8) is 0 Å². The van der Waals surface area contributed by atoms with E-state index in [4.69, 9.17) is 5.73 Å². The third kappa shape index (κ3) is 5.08. The molecular weight excluding hydrogens is 248 g/mol. The standard InChI is InChI=1S/C17H34N2O/c1-13-9-11-19(14(2)12-13)16(20)7-6-15(8-10-18)17(3,4)5/h13-15H,6-12,18H2,1-5H3. The molecule has 0 aromatic carbocycles. The first kappa shape index (κ1) is 17.5. The SMILES string of the molecule is CC1CCN(C(=O)CCC(CCN)C(C)(C)C)C(C)C1. The van der Waals surface area contributed by atoms with E-state index in [0.29, 0.717) is 30.8 Å². The van der Waals surface area contributed by atoms with Crippen molar-refractivity contribution in [2.24, 2.45) is 23.0 Å². The summed E-state index contributed by atoms with van der Waals surface area (Å²) in [5.74, 6) is 1.64. The normalized spacial score (nSPS) is 25.6.